The molecule has 28 heavy (non-hydrogen) atoms. The molecular formula is C19H19N3O5S. The van der Waals surface area contributed by atoms with Crippen molar-refractivity contribution in [1.82, 2.24) is 9.55 Å². The van der Waals surface area contributed by atoms with Gasteiger partial charge in [-0.15, -0.1) is 11.3 Å². The average Bonchev–Trinajstić information content (AvgIpc) is 2.97. The van der Waals surface area contributed by atoms with Crippen LogP contribution in [-0.4, -0.2) is 35.1 Å². The quantitative estimate of drug-likeness (QED) is 0.636. The highest BCUT2D eigenvalue weighted by atomic mass is 32.1. The van der Waals surface area contributed by atoms with E-state index in [1.807, 2.05) is 13.8 Å². The first kappa shape index (κ1) is 19.6. The zero-order valence-corrected chi connectivity index (χ0v) is 16.5. The minimum atomic E-state index is -0.697. The molecule has 0 aliphatic rings. The topological polar surface area (TPSA) is 99.5 Å². The Labute approximate surface area is 164 Å². The third-order valence-electron chi connectivity index (χ3n) is 4.19. The van der Waals surface area contributed by atoms with E-state index >= 15 is 0 Å². The number of carbonyl (C=O) groups is 2. The number of rotatable bonds is 6. The number of ether oxygens (including phenoxy) is 2. The van der Waals surface area contributed by atoms with E-state index < -0.39 is 18.5 Å². The molecule has 1 N–H and O–H groups in total. The summed E-state index contributed by atoms with van der Waals surface area (Å²) in [4.78, 5) is 42.4. The Balaban J connectivity index is 1.59. The van der Waals surface area contributed by atoms with Gasteiger partial charge in [0.05, 0.1) is 18.8 Å². The molecule has 0 spiro atoms. The first-order chi connectivity index (χ1) is 13.4. The molecule has 3 aromatic rings. The van der Waals surface area contributed by atoms with Crippen LogP contribution in [0.1, 0.15) is 10.4 Å². The van der Waals surface area contributed by atoms with Gasteiger partial charge in [0.25, 0.3) is 11.5 Å². The van der Waals surface area contributed by atoms with Crippen molar-refractivity contribution < 1.29 is 19.1 Å². The molecule has 0 saturated heterocycles. The molecular weight excluding hydrogens is 382 g/mol. The Kier molecular flexibility index (Phi) is 5.74. The highest BCUT2D eigenvalue weighted by Crippen LogP contribution is 2.25. The van der Waals surface area contributed by atoms with Gasteiger partial charge in [-0.05, 0) is 43.7 Å². The van der Waals surface area contributed by atoms with Crippen LogP contribution in [0, 0.1) is 13.8 Å². The smallest absolute Gasteiger partial charge is 0.326 e. The summed E-state index contributed by atoms with van der Waals surface area (Å²) in [6.07, 6.45) is 1.32. The van der Waals surface area contributed by atoms with E-state index in [-0.39, 0.29) is 12.1 Å². The van der Waals surface area contributed by atoms with Crippen molar-refractivity contribution in [2.75, 3.05) is 19.0 Å². The van der Waals surface area contributed by atoms with E-state index in [4.69, 9.17) is 9.47 Å². The number of nitrogens with one attached hydrogen (secondary N) is 1. The number of thiophene rings is 1. The lowest BCUT2D eigenvalue weighted by Gasteiger charge is -2.08. The monoisotopic (exact) mass is 401 g/mol. The number of aryl methyl sites for hydroxylation is 2. The first-order valence-electron chi connectivity index (χ1n) is 8.43. The van der Waals surface area contributed by atoms with Crippen molar-refractivity contribution in [2.45, 2.75) is 20.4 Å². The maximum atomic E-state index is 12.6. The molecule has 0 saturated carbocycles. The van der Waals surface area contributed by atoms with Gasteiger partial charge in [-0.3, -0.25) is 19.0 Å². The lowest BCUT2D eigenvalue weighted by atomic mass is 10.2. The number of fused-ring (bicyclic) bond motifs is 1. The van der Waals surface area contributed by atoms with Crippen molar-refractivity contribution in [3.8, 4) is 5.75 Å². The third-order valence-corrected chi connectivity index (χ3v) is 5.31. The van der Waals surface area contributed by atoms with Crippen molar-refractivity contribution >= 4 is 39.1 Å². The Morgan fingerprint density at radius 2 is 1.93 bits per heavy atom. The highest BCUT2D eigenvalue weighted by molar-refractivity contribution is 7.18. The zero-order chi connectivity index (χ0) is 20.3. The summed E-state index contributed by atoms with van der Waals surface area (Å²) < 4.78 is 11.2. The second-order valence-electron chi connectivity index (χ2n) is 6.08. The lowest BCUT2D eigenvalue weighted by molar-refractivity contribution is -0.147. The number of hydrogen-bond acceptors (Lipinski definition) is 7. The van der Waals surface area contributed by atoms with Gasteiger partial charge in [-0.2, -0.15) is 0 Å². The van der Waals surface area contributed by atoms with Gasteiger partial charge in [0.1, 0.15) is 17.1 Å². The van der Waals surface area contributed by atoms with Crippen LogP contribution in [0.4, 0.5) is 5.69 Å². The molecule has 1 amide bonds. The van der Waals surface area contributed by atoms with Gasteiger partial charge in [-0.1, -0.05) is 0 Å². The van der Waals surface area contributed by atoms with E-state index in [1.165, 1.54) is 22.2 Å². The maximum Gasteiger partial charge on any atom is 0.326 e. The average molecular weight is 401 g/mol. The van der Waals surface area contributed by atoms with Crippen LogP contribution in [0.2, 0.25) is 0 Å². The molecule has 0 radical (unpaired) electrons. The van der Waals surface area contributed by atoms with Gasteiger partial charge in [0, 0.05) is 10.6 Å². The fourth-order valence-electron chi connectivity index (χ4n) is 2.58. The van der Waals surface area contributed by atoms with E-state index in [0.717, 1.165) is 10.4 Å². The lowest BCUT2D eigenvalue weighted by Crippen LogP contribution is -2.28. The molecule has 0 unspecified atom stereocenters. The molecule has 0 atom stereocenters. The molecule has 0 fully saturated rings. The second-order valence-corrected chi connectivity index (χ2v) is 7.28. The van der Waals surface area contributed by atoms with Crippen LogP contribution in [0.25, 0.3) is 10.2 Å². The summed E-state index contributed by atoms with van der Waals surface area (Å²) in [6, 6.07) is 6.74. The van der Waals surface area contributed by atoms with Crippen LogP contribution in [0.3, 0.4) is 0 Å². The van der Waals surface area contributed by atoms with Crippen LogP contribution < -0.4 is 15.6 Å². The number of carbonyl (C=O) groups excluding carboxylic acids is 2. The normalized spacial score (nSPS) is 10.7. The molecule has 9 heteroatoms. The van der Waals surface area contributed by atoms with Crippen molar-refractivity contribution in [3.05, 3.63) is 51.4 Å². The van der Waals surface area contributed by atoms with Crippen LogP contribution >= 0.6 is 11.3 Å². The predicted octanol–water partition coefficient (Wildman–Crippen LogP) is 2.27. The molecule has 2 aromatic heterocycles. The van der Waals surface area contributed by atoms with E-state index in [0.29, 0.717) is 21.7 Å². The Bertz CT molecular complexity index is 1090. The number of hydrogen-bond donors (Lipinski definition) is 1. The molecule has 0 aliphatic heterocycles. The van der Waals surface area contributed by atoms with Gasteiger partial charge in [0.15, 0.2) is 6.61 Å². The predicted molar refractivity (Wildman–Crippen MR) is 106 cm³/mol. The summed E-state index contributed by atoms with van der Waals surface area (Å²) in [6.45, 7) is 3.00. The van der Waals surface area contributed by atoms with E-state index in [9.17, 15) is 14.4 Å². The fourth-order valence-corrected chi connectivity index (χ4v) is 3.57. The van der Waals surface area contributed by atoms with Gasteiger partial charge >= 0.3 is 5.97 Å². The maximum absolute atomic E-state index is 12.6. The number of nitrogens with zero attached hydrogens (tertiary/aromatic N) is 2. The van der Waals surface area contributed by atoms with Gasteiger partial charge < -0.3 is 14.8 Å². The summed E-state index contributed by atoms with van der Waals surface area (Å²) in [5, 5.41) is 3.12. The number of esters is 1. The summed E-state index contributed by atoms with van der Waals surface area (Å²) >= 11 is 1.44. The number of aromatic nitrogens is 2. The largest absolute Gasteiger partial charge is 0.497 e. The Hall–Kier alpha value is -3.20. The minimum absolute atomic E-state index is 0.300. The SMILES string of the molecule is COc1ccc(NC(=O)COC(=O)Cn2cnc3sc(C)c(C)c3c2=O)cc1. The Morgan fingerprint density at radius 3 is 2.61 bits per heavy atom. The molecule has 0 bridgehead atoms. The van der Waals surface area contributed by atoms with Crippen molar-refractivity contribution in [2.24, 2.45) is 0 Å². The van der Waals surface area contributed by atoms with Crippen molar-refractivity contribution in [3.63, 3.8) is 0 Å². The van der Waals surface area contributed by atoms with Crippen LogP contribution in [0.5, 0.6) is 5.75 Å². The standard InChI is InChI=1S/C19H19N3O5S/c1-11-12(2)28-18-17(11)19(25)22(10-20-18)8-16(24)27-9-15(23)21-13-4-6-14(26-3)7-5-13/h4-7,10H,8-9H2,1-3H3,(H,21,23). The number of benzene rings is 1. The molecule has 8 nitrogen and oxygen atoms in total. The zero-order valence-electron chi connectivity index (χ0n) is 15.6. The van der Waals surface area contributed by atoms with E-state index in [1.54, 1.807) is 31.4 Å². The number of methoxy groups -OCH3 is 1. The summed E-state index contributed by atoms with van der Waals surface area (Å²) in [7, 11) is 1.55. The van der Waals surface area contributed by atoms with Gasteiger partial charge in [0.2, 0.25) is 0 Å². The third kappa shape index (κ3) is 4.20. The molecule has 1 aromatic carbocycles. The molecule has 0 aliphatic carbocycles. The van der Waals surface area contributed by atoms with Crippen molar-refractivity contribution in [1.29, 1.82) is 0 Å². The number of anilines is 1. The Morgan fingerprint density at radius 1 is 1.21 bits per heavy atom. The molecule has 2 heterocycles. The van der Waals surface area contributed by atoms with Gasteiger partial charge in [-0.25, -0.2) is 4.98 Å². The first-order valence-corrected chi connectivity index (χ1v) is 9.25. The van der Waals surface area contributed by atoms with Crippen LogP contribution in [0.15, 0.2) is 35.4 Å². The molecule has 3 rings (SSSR count). The fraction of sp³-hybridized carbons (Fsp3) is 0.263. The van der Waals surface area contributed by atoms with Crippen LogP contribution in [-0.2, 0) is 20.9 Å². The minimum Gasteiger partial charge on any atom is -0.497 e. The second kappa shape index (κ2) is 8.22. The van der Waals surface area contributed by atoms with E-state index in [2.05, 4.69) is 10.3 Å². The number of amides is 1. The summed E-state index contributed by atoms with van der Waals surface area (Å²) in [5.74, 6) is -0.516. The summed E-state index contributed by atoms with van der Waals surface area (Å²) in [5.41, 5.74) is 1.11. The highest BCUT2D eigenvalue weighted by Gasteiger charge is 2.15. The molecule has 146 valence electrons.